The highest BCUT2D eigenvalue weighted by Gasteiger charge is 2.40. The fraction of sp³-hybridized carbons (Fsp3) is 0.350. The molecule has 5 heteroatoms. The Hall–Kier alpha value is -1.74. The van der Waals surface area contributed by atoms with Gasteiger partial charge in [0.15, 0.2) is 5.78 Å². The van der Waals surface area contributed by atoms with Gasteiger partial charge >= 0.3 is 7.60 Å². The molecule has 0 amide bonds. The molecule has 0 aliphatic carbocycles. The molecular formula is C20H25O4P. The SMILES string of the molecule is COP(=O)(OC)C(C(=O)CCCCc1ccccc1)c1ccccc1. The Morgan fingerprint density at radius 3 is 2.04 bits per heavy atom. The number of hydrogen-bond acceptors (Lipinski definition) is 4. The summed E-state index contributed by atoms with van der Waals surface area (Å²) in [5.41, 5.74) is 1.05. The van der Waals surface area contributed by atoms with Crippen LogP contribution in [-0.4, -0.2) is 20.0 Å². The molecule has 1 unspecified atom stereocenters. The molecule has 2 aromatic carbocycles. The first-order valence-corrected chi connectivity index (χ1v) is 10.0. The summed E-state index contributed by atoms with van der Waals surface area (Å²) < 4.78 is 23.1. The van der Waals surface area contributed by atoms with Gasteiger partial charge in [0.05, 0.1) is 0 Å². The minimum atomic E-state index is -3.53. The van der Waals surface area contributed by atoms with E-state index in [1.165, 1.54) is 19.8 Å². The summed E-state index contributed by atoms with van der Waals surface area (Å²) in [5.74, 6) is -0.105. The van der Waals surface area contributed by atoms with Crippen molar-refractivity contribution in [1.29, 1.82) is 0 Å². The van der Waals surface area contributed by atoms with Gasteiger partial charge in [-0.3, -0.25) is 9.36 Å². The number of ketones is 1. The molecule has 0 saturated heterocycles. The molecule has 0 N–H and O–H groups in total. The maximum Gasteiger partial charge on any atom is 0.344 e. The van der Waals surface area contributed by atoms with Crippen LogP contribution in [0.25, 0.3) is 0 Å². The van der Waals surface area contributed by atoms with E-state index in [1.807, 2.05) is 36.4 Å². The minimum Gasteiger partial charge on any atom is -0.311 e. The lowest BCUT2D eigenvalue weighted by atomic mass is 10.0. The quantitative estimate of drug-likeness (QED) is 0.432. The fourth-order valence-corrected chi connectivity index (χ4v) is 4.47. The van der Waals surface area contributed by atoms with E-state index in [0.717, 1.165) is 19.3 Å². The molecule has 1 atom stereocenters. The van der Waals surface area contributed by atoms with Gasteiger partial charge in [-0.1, -0.05) is 60.7 Å². The summed E-state index contributed by atoms with van der Waals surface area (Å²) >= 11 is 0. The highest BCUT2D eigenvalue weighted by Crippen LogP contribution is 2.60. The maximum absolute atomic E-state index is 12.9. The van der Waals surface area contributed by atoms with E-state index < -0.39 is 13.3 Å². The monoisotopic (exact) mass is 360 g/mol. The number of hydrogen-bond donors (Lipinski definition) is 0. The van der Waals surface area contributed by atoms with Gasteiger partial charge in [-0.15, -0.1) is 0 Å². The van der Waals surface area contributed by atoms with Gasteiger partial charge < -0.3 is 9.05 Å². The number of Topliss-reactive ketones (excluding diaryl/α,β-unsaturated/α-hetero) is 1. The molecule has 2 rings (SSSR count). The van der Waals surface area contributed by atoms with E-state index in [1.54, 1.807) is 12.1 Å². The van der Waals surface area contributed by atoms with Crippen LogP contribution in [0.2, 0.25) is 0 Å². The predicted molar refractivity (Wildman–Crippen MR) is 99.8 cm³/mol. The molecule has 0 fully saturated rings. The summed E-state index contributed by atoms with van der Waals surface area (Å²) in [4.78, 5) is 12.8. The summed E-state index contributed by atoms with van der Waals surface area (Å²) in [6.07, 6.45) is 2.92. The molecule has 134 valence electrons. The smallest absolute Gasteiger partial charge is 0.311 e. The molecule has 0 radical (unpaired) electrons. The molecule has 0 saturated carbocycles. The average molecular weight is 360 g/mol. The number of rotatable bonds is 10. The predicted octanol–water partition coefficient (Wildman–Crippen LogP) is 5.20. The van der Waals surface area contributed by atoms with Gasteiger partial charge in [0.2, 0.25) is 0 Å². The highest BCUT2D eigenvalue weighted by molar-refractivity contribution is 7.55. The summed E-state index contributed by atoms with van der Waals surface area (Å²) in [7, 11) is -0.881. The first-order chi connectivity index (χ1) is 12.1. The topological polar surface area (TPSA) is 52.6 Å². The van der Waals surface area contributed by atoms with Crippen LogP contribution in [-0.2, 0) is 24.8 Å². The van der Waals surface area contributed by atoms with Crippen LogP contribution in [0.4, 0.5) is 0 Å². The van der Waals surface area contributed by atoms with Crippen molar-refractivity contribution in [1.82, 2.24) is 0 Å². The number of carbonyl (C=O) groups excluding carboxylic acids is 1. The first kappa shape index (κ1) is 19.6. The third-order valence-corrected chi connectivity index (χ3v) is 6.46. The van der Waals surface area contributed by atoms with Gasteiger partial charge in [-0.2, -0.15) is 0 Å². The van der Waals surface area contributed by atoms with E-state index in [0.29, 0.717) is 12.0 Å². The van der Waals surface area contributed by atoms with Crippen molar-refractivity contribution in [3.63, 3.8) is 0 Å². The first-order valence-electron chi connectivity index (χ1n) is 8.43. The molecule has 0 aromatic heterocycles. The summed E-state index contributed by atoms with van der Waals surface area (Å²) in [6.45, 7) is 0. The Balaban J connectivity index is 2.02. The van der Waals surface area contributed by atoms with Crippen LogP contribution in [0.1, 0.15) is 36.0 Å². The fourth-order valence-electron chi connectivity index (χ4n) is 2.88. The lowest BCUT2D eigenvalue weighted by Crippen LogP contribution is -2.15. The average Bonchev–Trinajstić information content (AvgIpc) is 2.67. The van der Waals surface area contributed by atoms with E-state index >= 15 is 0 Å². The van der Waals surface area contributed by atoms with Gasteiger partial charge in [-0.05, 0) is 30.4 Å². The molecule has 0 aliphatic heterocycles. The zero-order valence-corrected chi connectivity index (χ0v) is 15.7. The Bertz CT molecular complexity index is 692. The second kappa shape index (κ2) is 9.67. The number of unbranched alkanes of at least 4 members (excludes halogenated alkanes) is 1. The largest absolute Gasteiger partial charge is 0.344 e. The molecule has 4 nitrogen and oxygen atoms in total. The second-order valence-corrected chi connectivity index (χ2v) is 8.20. The Labute approximate surface area is 149 Å². The van der Waals surface area contributed by atoms with Gasteiger partial charge in [0, 0.05) is 20.6 Å². The van der Waals surface area contributed by atoms with Crippen molar-refractivity contribution < 1.29 is 18.4 Å². The third kappa shape index (κ3) is 5.37. The third-order valence-electron chi connectivity index (χ3n) is 4.23. The van der Waals surface area contributed by atoms with Crippen LogP contribution in [0.5, 0.6) is 0 Å². The number of carbonyl (C=O) groups is 1. The van der Waals surface area contributed by atoms with Crippen molar-refractivity contribution in [2.24, 2.45) is 0 Å². The molecule has 0 bridgehead atoms. The van der Waals surface area contributed by atoms with E-state index in [2.05, 4.69) is 12.1 Å². The van der Waals surface area contributed by atoms with Crippen LogP contribution in [0.3, 0.4) is 0 Å². The normalized spacial score (nSPS) is 12.7. The molecule has 0 spiro atoms. The molecule has 0 heterocycles. The van der Waals surface area contributed by atoms with Crippen LogP contribution in [0, 0.1) is 0 Å². The Morgan fingerprint density at radius 1 is 0.920 bits per heavy atom. The van der Waals surface area contributed by atoms with E-state index in [4.69, 9.17) is 9.05 Å². The molecular weight excluding hydrogens is 335 g/mol. The van der Waals surface area contributed by atoms with Crippen molar-refractivity contribution in [3.05, 3.63) is 71.8 Å². The Morgan fingerprint density at radius 2 is 1.48 bits per heavy atom. The van der Waals surface area contributed by atoms with Gasteiger partial charge in [0.1, 0.15) is 5.66 Å². The second-order valence-electron chi connectivity index (χ2n) is 5.88. The van der Waals surface area contributed by atoms with Crippen molar-refractivity contribution >= 4 is 13.4 Å². The van der Waals surface area contributed by atoms with Crippen molar-refractivity contribution in [2.45, 2.75) is 31.3 Å². The Kier molecular flexibility index (Phi) is 7.57. The van der Waals surface area contributed by atoms with Gasteiger partial charge in [-0.25, -0.2) is 0 Å². The van der Waals surface area contributed by atoms with Crippen LogP contribution in [0.15, 0.2) is 60.7 Å². The van der Waals surface area contributed by atoms with Crippen LogP contribution < -0.4 is 0 Å². The zero-order valence-electron chi connectivity index (χ0n) is 14.8. The lowest BCUT2D eigenvalue weighted by Gasteiger charge is -2.23. The number of aryl methyl sites for hydroxylation is 1. The van der Waals surface area contributed by atoms with Crippen molar-refractivity contribution in [3.8, 4) is 0 Å². The maximum atomic E-state index is 12.9. The lowest BCUT2D eigenvalue weighted by molar-refractivity contribution is -0.119. The minimum absolute atomic E-state index is 0.105. The molecule has 25 heavy (non-hydrogen) atoms. The van der Waals surface area contributed by atoms with Crippen molar-refractivity contribution in [2.75, 3.05) is 14.2 Å². The van der Waals surface area contributed by atoms with E-state index in [-0.39, 0.29) is 5.78 Å². The van der Waals surface area contributed by atoms with Gasteiger partial charge in [0.25, 0.3) is 0 Å². The number of benzene rings is 2. The highest BCUT2D eigenvalue weighted by atomic mass is 31.2. The zero-order chi connectivity index (χ0) is 18.1. The van der Waals surface area contributed by atoms with E-state index in [9.17, 15) is 9.36 Å². The summed E-state index contributed by atoms with van der Waals surface area (Å²) in [6, 6.07) is 19.3. The molecule has 0 aliphatic rings. The standard InChI is InChI=1S/C20H25O4P/c1-23-25(22,24-2)20(18-14-7-4-8-15-18)19(21)16-10-9-13-17-11-5-3-6-12-17/h3-8,11-12,14-15,20H,9-10,13,16H2,1-2H3. The summed E-state index contributed by atoms with van der Waals surface area (Å²) in [5, 5.41) is 0. The van der Waals surface area contributed by atoms with Crippen LogP contribution >= 0.6 is 7.60 Å². The molecule has 2 aromatic rings.